The third kappa shape index (κ3) is 1.87. The Hall–Kier alpha value is -1.29. The molecule has 0 aliphatic carbocycles. The minimum Gasteiger partial charge on any atom is -0.486 e. The van der Waals surface area contributed by atoms with Crippen LogP contribution >= 0.6 is 0 Å². The molecule has 0 unspecified atom stereocenters. The number of fused-ring (bicyclic) bond motifs is 1. The SMILES string of the molecule is [B]c1ccc2c(c1)C(=O)CC1(CCNCC1)O2. The van der Waals surface area contributed by atoms with Crippen LogP contribution in [0.15, 0.2) is 18.2 Å². The molecule has 2 aliphatic heterocycles. The summed E-state index contributed by atoms with van der Waals surface area (Å²) in [5.41, 5.74) is 0.960. The number of hydrogen-bond acceptors (Lipinski definition) is 3. The molecule has 3 rings (SSSR count). The third-order valence-electron chi connectivity index (χ3n) is 3.63. The maximum atomic E-state index is 12.2. The summed E-state index contributed by atoms with van der Waals surface area (Å²) < 4.78 is 6.07. The number of nitrogens with one attached hydrogen (secondary N) is 1. The maximum absolute atomic E-state index is 12.2. The molecule has 0 bridgehead atoms. The molecule has 2 aliphatic rings. The summed E-state index contributed by atoms with van der Waals surface area (Å²) in [5, 5.41) is 3.29. The summed E-state index contributed by atoms with van der Waals surface area (Å²) in [7, 11) is 5.70. The summed E-state index contributed by atoms with van der Waals surface area (Å²) in [4.78, 5) is 12.2. The molecule has 2 heterocycles. The molecule has 0 aromatic heterocycles. The molecule has 1 spiro atoms. The largest absolute Gasteiger partial charge is 0.486 e. The second kappa shape index (κ2) is 3.88. The van der Waals surface area contributed by atoms with Gasteiger partial charge in [-0.1, -0.05) is 17.6 Å². The van der Waals surface area contributed by atoms with Crippen LogP contribution in [0.25, 0.3) is 0 Å². The van der Waals surface area contributed by atoms with E-state index >= 15 is 0 Å². The summed E-state index contributed by atoms with van der Waals surface area (Å²) in [6.45, 7) is 1.83. The Morgan fingerprint density at radius 2 is 2.06 bits per heavy atom. The van der Waals surface area contributed by atoms with Crippen LogP contribution in [0.4, 0.5) is 0 Å². The molecule has 17 heavy (non-hydrogen) atoms. The topological polar surface area (TPSA) is 38.3 Å². The molecular weight excluding hydrogens is 213 g/mol. The van der Waals surface area contributed by atoms with E-state index in [4.69, 9.17) is 12.6 Å². The number of piperidine rings is 1. The van der Waals surface area contributed by atoms with E-state index in [1.165, 1.54) is 0 Å². The van der Waals surface area contributed by atoms with Crippen molar-refractivity contribution in [2.75, 3.05) is 13.1 Å². The maximum Gasteiger partial charge on any atom is 0.170 e. The number of rotatable bonds is 0. The number of Topliss-reactive ketones (excluding diaryl/α,β-unsaturated/α-hetero) is 1. The highest BCUT2D eigenvalue weighted by molar-refractivity contribution is 6.32. The van der Waals surface area contributed by atoms with Crippen LogP contribution in [0.1, 0.15) is 29.6 Å². The van der Waals surface area contributed by atoms with Gasteiger partial charge in [-0.2, -0.15) is 0 Å². The van der Waals surface area contributed by atoms with Gasteiger partial charge in [0.2, 0.25) is 0 Å². The Labute approximate surface area is 102 Å². The monoisotopic (exact) mass is 227 g/mol. The van der Waals surface area contributed by atoms with Gasteiger partial charge in [0.25, 0.3) is 0 Å². The molecule has 0 atom stereocenters. The van der Waals surface area contributed by atoms with Gasteiger partial charge in [-0.05, 0) is 19.2 Å². The summed E-state index contributed by atoms with van der Waals surface area (Å²) >= 11 is 0. The average Bonchev–Trinajstić information content (AvgIpc) is 2.31. The number of carbonyl (C=O) groups is 1. The van der Waals surface area contributed by atoms with Gasteiger partial charge >= 0.3 is 0 Å². The van der Waals surface area contributed by atoms with E-state index in [1.54, 1.807) is 12.1 Å². The van der Waals surface area contributed by atoms with Gasteiger partial charge in [0, 0.05) is 12.8 Å². The van der Waals surface area contributed by atoms with Crippen molar-refractivity contribution in [1.82, 2.24) is 5.32 Å². The van der Waals surface area contributed by atoms with Crippen LogP contribution in [-0.4, -0.2) is 32.3 Å². The molecule has 1 N–H and O–H groups in total. The number of hydrogen-bond donors (Lipinski definition) is 1. The first-order chi connectivity index (χ1) is 8.19. The minimum absolute atomic E-state index is 0.153. The van der Waals surface area contributed by atoms with Gasteiger partial charge in [0.05, 0.1) is 12.0 Å². The third-order valence-corrected chi connectivity index (χ3v) is 3.63. The summed E-state index contributed by atoms with van der Waals surface area (Å²) in [5.74, 6) is 0.845. The van der Waals surface area contributed by atoms with Crippen LogP contribution in [0.2, 0.25) is 0 Å². The van der Waals surface area contributed by atoms with E-state index in [0.29, 0.717) is 23.2 Å². The minimum atomic E-state index is -0.286. The Kier molecular flexibility index (Phi) is 2.47. The fraction of sp³-hybridized carbons (Fsp3) is 0.462. The van der Waals surface area contributed by atoms with Crippen molar-refractivity contribution in [3.05, 3.63) is 23.8 Å². The normalized spacial score (nSPS) is 22.0. The quantitative estimate of drug-likeness (QED) is 0.658. The fourth-order valence-corrected chi connectivity index (χ4v) is 2.67. The lowest BCUT2D eigenvalue weighted by molar-refractivity contribution is 0.0188. The molecule has 1 saturated heterocycles. The van der Waals surface area contributed by atoms with E-state index in [0.717, 1.165) is 25.9 Å². The van der Waals surface area contributed by atoms with E-state index in [9.17, 15) is 4.79 Å². The predicted octanol–water partition coefficient (Wildman–Crippen LogP) is 0.568. The van der Waals surface area contributed by atoms with Crippen LogP contribution in [0, 0.1) is 0 Å². The first-order valence-electron chi connectivity index (χ1n) is 6.01. The average molecular weight is 227 g/mol. The first-order valence-corrected chi connectivity index (χ1v) is 6.01. The van der Waals surface area contributed by atoms with Gasteiger partial charge in [0.15, 0.2) is 5.78 Å². The van der Waals surface area contributed by atoms with Gasteiger partial charge < -0.3 is 10.1 Å². The highest BCUT2D eigenvalue weighted by Crippen LogP contribution is 2.37. The Morgan fingerprint density at radius 3 is 2.82 bits per heavy atom. The molecule has 1 aromatic rings. The summed E-state index contributed by atoms with van der Waals surface area (Å²) in [6, 6.07) is 5.31. The van der Waals surface area contributed by atoms with Crippen molar-refractivity contribution in [3.8, 4) is 5.75 Å². The number of benzene rings is 1. The van der Waals surface area contributed by atoms with E-state index in [1.807, 2.05) is 6.07 Å². The molecule has 0 amide bonds. The summed E-state index contributed by atoms with van der Waals surface area (Å²) in [6.07, 6.45) is 2.26. The van der Waals surface area contributed by atoms with Gasteiger partial charge in [-0.15, -0.1) is 0 Å². The van der Waals surface area contributed by atoms with Crippen LogP contribution in [0.5, 0.6) is 5.75 Å². The lowest BCUT2D eigenvalue weighted by Crippen LogP contribution is -2.49. The van der Waals surface area contributed by atoms with Crippen molar-refractivity contribution in [3.63, 3.8) is 0 Å². The van der Waals surface area contributed by atoms with Crippen LogP contribution < -0.4 is 15.5 Å². The molecule has 1 fully saturated rings. The zero-order valence-corrected chi connectivity index (χ0v) is 9.66. The number of ketones is 1. The molecule has 4 heteroatoms. The number of carbonyl (C=O) groups excluding carboxylic acids is 1. The van der Waals surface area contributed by atoms with Gasteiger partial charge in [-0.25, -0.2) is 0 Å². The number of ether oxygens (including phenoxy) is 1. The van der Waals surface area contributed by atoms with Crippen molar-refractivity contribution >= 4 is 19.1 Å². The van der Waals surface area contributed by atoms with Crippen LogP contribution in [-0.2, 0) is 0 Å². The molecular formula is C13H14BNO2. The van der Waals surface area contributed by atoms with Gasteiger partial charge in [0.1, 0.15) is 19.2 Å². The molecule has 2 radical (unpaired) electrons. The predicted molar refractivity (Wildman–Crippen MR) is 66.2 cm³/mol. The zero-order valence-electron chi connectivity index (χ0n) is 9.66. The lowest BCUT2D eigenvalue weighted by atomic mass is 9.81. The highest BCUT2D eigenvalue weighted by Gasteiger charge is 2.41. The molecule has 0 saturated carbocycles. The lowest BCUT2D eigenvalue weighted by Gasteiger charge is -2.40. The van der Waals surface area contributed by atoms with Crippen LogP contribution in [0.3, 0.4) is 0 Å². The smallest absolute Gasteiger partial charge is 0.170 e. The fourth-order valence-electron chi connectivity index (χ4n) is 2.67. The Balaban J connectivity index is 1.97. The first kappa shape index (κ1) is 10.8. The van der Waals surface area contributed by atoms with Crippen molar-refractivity contribution in [2.24, 2.45) is 0 Å². The standard InChI is InChI=1S/C13H14BNO2/c14-9-1-2-12-10(7-9)11(16)8-13(17-12)3-5-15-6-4-13/h1-2,7,15H,3-6,8H2. The second-order valence-corrected chi connectivity index (χ2v) is 4.89. The molecule has 1 aromatic carbocycles. The van der Waals surface area contributed by atoms with E-state index in [-0.39, 0.29) is 11.4 Å². The van der Waals surface area contributed by atoms with E-state index < -0.39 is 0 Å². The highest BCUT2D eigenvalue weighted by atomic mass is 16.5. The molecule has 86 valence electrons. The van der Waals surface area contributed by atoms with Crippen molar-refractivity contribution in [1.29, 1.82) is 0 Å². The Bertz CT molecular complexity index is 466. The van der Waals surface area contributed by atoms with Gasteiger partial charge in [-0.3, -0.25) is 4.79 Å². The molecule has 3 nitrogen and oxygen atoms in total. The zero-order chi connectivity index (χ0) is 11.9. The van der Waals surface area contributed by atoms with Crippen molar-refractivity contribution < 1.29 is 9.53 Å². The van der Waals surface area contributed by atoms with E-state index in [2.05, 4.69) is 5.32 Å². The van der Waals surface area contributed by atoms with Crippen molar-refractivity contribution in [2.45, 2.75) is 24.9 Å². The Morgan fingerprint density at radius 1 is 1.29 bits per heavy atom. The second-order valence-electron chi connectivity index (χ2n) is 4.89.